The molecule has 0 aliphatic carbocycles. The van der Waals surface area contributed by atoms with E-state index in [0.717, 1.165) is 71.1 Å². The first kappa shape index (κ1) is 28.7. The third-order valence-electron chi connectivity index (χ3n) is 8.07. The molecule has 0 radical (unpaired) electrons. The predicted octanol–water partition coefficient (Wildman–Crippen LogP) is 6.11. The van der Waals surface area contributed by atoms with Crippen molar-refractivity contribution in [3.8, 4) is 0 Å². The van der Waals surface area contributed by atoms with Gasteiger partial charge in [-0.2, -0.15) is 0 Å². The van der Waals surface area contributed by atoms with Crippen LogP contribution in [0.4, 0.5) is 0 Å². The number of aryl methyl sites for hydroxylation is 1. The Morgan fingerprint density at radius 2 is 1.44 bits per heavy atom. The minimum Gasteiger partial charge on any atom is -0.354 e. The Kier molecular flexibility index (Phi) is 13.4. The highest BCUT2D eigenvalue weighted by Gasteiger charge is 2.40. The SMILES string of the molecule is CCCCCCCCCCCCNC(=O)C1CCCN1C(=O)[C@@H]1CCCN1CCCc1ccccc1. The summed E-state index contributed by atoms with van der Waals surface area (Å²) in [7, 11) is 0. The van der Waals surface area contributed by atoms with Crippen molar-refractivity contribution >= 4 is 11.8 Å². The van der Waals surface area contributed by atoms with Crippen LogP contribution in [-0.4, -0.2) is 59.9 Å². The Morgan fingerprint density at radius 1 is 0.806 bits per heavy atom. The summed E-state index contributed by atoms with van der Waals surface area (Å²) >= 11 is 0. The maximum atomic E-state index is 13.5. The van der Waals surface area contributed by atoms with Crippen LogP contribution in [0, 0.1) is 0 Å². The number of rotatable bonds is 17. The van der Waals surface area contributed by atoms with E-state index >= 15 is 0 Å². The van der Waals surface area contributed by atoms with Crippen molar-refractivity contribution in [3.05, 3.63) is 35.9 Å². The summed E-state index contributed by atoms with van der Waals surface area (Å²) in [6.45, 7) is 5.68. The number of amides is 2. The van der Waals surface area contributed by atoms with Gasteiger partial charge in [0.2, 0.25) is 11.8 Å². The molecule has 3 rings (SSSR count). The molecule has 2 aliphatic rings. The van der Waals surface area contributed by atoms with Gasteiger partial charge in [0.05, 0.1) is 6.04 Å². The number of hydrogen-bond donors (Lipinski definition) is 1. The van der Waals surface area contributed by atoms with E-state index in [1.165, 1.54) is 63.4 Å². The topological polar surface area (TPSA) is 52.7 Å². The van der Waals surface area contributed by atoms with Crippen LogP contribution in [0.25, 0.3) is 0 Å². The summed E-state index contributed by atoms with van der Waals surface area (Å²) in [6, 6.07) is 10.3. The largest absolute Gasteiger partial charge is 0.354 e. The van der Waals surface area contributed by atoms with Crippen LogP contribution >= 0.6 is 0 Å². The first-order valence-corrected chi connectivity index (χ1v) is 15.1. The maximum Gasteiger partial charge on any atom is 0.242 e. The monoisotopic (exact) mass is 497 g/mol. The minimum absolute atomic E-state index is 0.0452. The van der Waals surface area contributed by atoms with Crippen LogP contribution in [0.1, 0.15) is 109 Å². The van der Waals surface area contributed by atoms with Crippen LogP contribution in [0.15, 0.2) is 30.3 Å². The highest BCUT2D eigenvalue weighted by atomic mass is 16.2. The molecule has 2 atom stereocenters. The normalized spacial score (nSPS) is 20.2. The molecule has 2 amide bonds. The lowest BCUT2D eigenvalue weighted by Crippen LogP contribution is -2.52. The lowest BCUT2D eigenvalue weighted by molar-refractivity contribution is -0.142. The molecule has 1 aromatic carbocycles. The number of carbonyl (C=O) groups is 2. The molecule has 0 saturated carbocycles. The van der Waals surface area contributed by atoms with Gasteiger partial charge in [0.15, 0.2) is 0 Å². The lowest BCUT2D eigenvalue weighted by atomic mass is 10.1. The fourth-order valence-electron chi connectivity index (χ4n) is 5.94. The number of likely N-dealkylation sites (tertiary alicyclic amines) is 2. The number of unbranched alkanes of at least 4 members (excludes halogenated alkanes) is 9. The Labute approximate surface area is 220 Å². The summed E-state index contributed by atoms with van der Waals surface area (Å²) in [5.41, 5.74) is 1.36. The lowest BCUT2D eigenvalue weighted by Gasteiger charge is -2.31. The van der Waals surface area contributed by atoms with Gasteiger partial charge >= 0.3 is 0 Å². The molecule has 2 aliphatic heterocycles. The van der Waals surface area contributed by atoms with Crippen molar-refractivity contribution in [1.82, 2.24) is 15.1 Å². The number of hydrogen-bond acceptors (Lipinski definition) is 3. The molecule has 0 bridgehead atoms. The predicted molar refractivity (Wildman–Crippen MR) is 149 cm³/mol. The third kappa shape index (κ3) is 9.53. The summed E-state index contributed by atoms with van der Waals surface area (Å²) in [6.07, 6.45) is 18.8. The molecular formula is C31H51N3O2. The molecule has 2 saturated heterocycles. The van der Waals surface area contributed by atoms with Crippen LogP contribution in [0.5, 0.6) is 0 Å². The van der Waals surface area contributed by atoms with Gasteiger partial charge in [-0.25, -0.2) is 0 Å². The quantitative estimate of drug-likeness (QED) is 0.264. The van der Waals surface area contributed by atoms with Gasteiger partial charge < -0.3 is 10.2 Å². The number of benzene rings is 1. The average Bonchev–Trinajstić information content (AvgIpc) is 3.58. The number of nitrogens with zero attached hydrogens (tertiary/aromatic N) is 2. The maximum absolute atomic E-state index is 13.5. The molecule has 0 spiro atoms. The van der Waals surface area contributed by atoms with E-state index in [0.29, 0.717) is 0 Å². The van der Waals surface area contributed by atoms with Crippen molar-refractivity contribution in [2.45, 2.75) is 122 Å². The van der Waals surface area contributed by atoms with Gasteiger partial charge in [-0.3, -0.25) is 14.5 Å². The van der Waals surface area contributed by atoms with Crippen LogP contribution in [0.3, 0.4) is 0 Å². The van der Waals surface area contributed by atoms with E-state index in [1.807, 2.05) is 4.90 Å². The number of nitrogens with one attached hydrogen (secondary N) is 1. The Bertz CT molecular complexity index is 753. The fraction of sp³-hybridized carbons (Fsp3) is 0.742. The zero-order valence-corrected chi connectivity index (χ0v) is 22.9. The highest BCUT2D eigenvalue weighted by Crippen LogP contribution is 2.25. The van der Waals surface area contributed by atoms with E-state index in [1.54, 1.807) is 0 Å². The average molecular weight is 498 g/mol. The highest BCUT2D eigenvalue weighted by molar-refractivity contribution is 5.90. The molecular weight excluding hydrogens is 446 g/mol. The van der Waals surface area contributed by atoms with Gasteiger partial charge in [-0.15, -0.1) is 0 Å². The molecule has 36 heavy (non-hydrogen) atoms. The van der Waals surface area contributed by atoms with Crippen molar-refractivity contribution in [3.63, 3.8) is 0 Å². The van der Waals surface area contributed by atoms with Gasteiger partial charge in [0.1, 0.15) is 6.04 Å². The Balaban J connectivity index is 1.32. The van der Waals surface area contributed by atoms with E-state index in [4.69, 9.17) is 0 Å². The fourth-order valence-corrected chi connectivity index (χ4v) is 5.94. The smallest absolute Gasteiger partial charge is 0.242 e. The number of carbonyl (C=O) groups excluding carboxylic acids is 2. The summed E-state index contributed by atoms with van der Waals surface area (Å²) in [5, 5.41) is 3.14. The first-order valence-electron chi connectivity index (χ1n) is 15.1. The second kappa shape index (κ2) is 16.8. The van der Waals surface area contributed by atoms with E-state index < -0.39 is 0 Å². The second-order valence-corrected chi connectivity index (χ2v) is 10.9. The van der Waals surface area contributed by atoms with Crippen LogP contribution in [-0.2, 0) is 16.0 Å². The van der Waals surface area contributed by atoms with E-state index in [-0.39, 0.29) is 23.9 Å². The van der Waals surface area contributed by atoms with Gasteiger partial charge in [0, 0.05) is 13.1 Å². The zero-order chi connectivity index (χ0) is 25.4. The molecule has 2 fully saturated rings. The molecule has 1 N–H and O–H groups in total. The van der Waals surface area contributed by atoms with E-state index in [2.05, 4.69) is 47.5 Å². The molecule has 1 aromatic rings. The second-order valence-electron chi connectivity index (χ2n) is 10.9. The molecule has 1 unspecified atom stereocenters. The first-order chi connectivity index (χ1) is 17.7. The summed E-state index contributed by atoms with van der Waals surface area (Å²) in [5.74, 6) is 0.245. The van der Waals surface area contributed by atoms with E-state index in [9.17, 15) is 9.59 Å². The van der Waals surface area contributed by atoms with Crippen molar-refractivity contribution in [1.29, 1.82) is 0 Å². The summed E-state index contributed by atoms with van der Waals surface area (Å²) in [4.78, 5) is 30.7. The van der Waals surface area contributed by atoms with Crippen molar-refractivity contribution in [2.24, 2.45) is 0 Å². The molecule has 5 nitrogen and oxygen atoms in total. The minimum atomic E-state index is -0.271. The molecule has 2 heterocycles. The molecule has 5 heteroatoms. The van der Waals surface area contributed by atoms with Gasteiger partial charge in [0.25, 0.3) is 0 Å². The molecule has 202 valence electrons. The van der Waals surface area contributed by atoms with Gasteiger partial charge in [-0.1, -0.05) is 95.0 Å². The van der Waals surface area contributed by atoms with Gasteiger partial charge in [-0.05, 0) is 63.6 Å². The van der Waals surface area contributed by atoms with Crippen LogP contribution in [0.2, 0.25) is 0 Å². The van der Waals surface area contributed by atoms with Crippen molar-refractivity contribution in [2.75, 3.05) is 26.2 Å². The molecule has 0 aromatic heterocycles. The standard InChI is InChI=1S/C31H51N3O2/c1-2-3-4-5-6-7-8-9-10-14-23-32-30(35)28-21-17-26-34(28)31(36)29-22-16-25-33(29)24-15-20-27-18-12-11-13-19-27/h11-13,18-19,28-29H,2-10,14-17,20-26H2,1H3,(H,32,35)/t28?,29-/m0/s1. The summed E-state index contributed by atoms with van der Waals surface area (Å²) < 4.78 is 0. The van der Waals surface area contributed by atoms with Crippen molar-refractivity contribution < 1.29 is 9.59 Å². The Morgan fingerprint density at radius 3 is 2.17 bits per heavy atom. The third-order valence-corrected chi connectivity index (χ3v) is 8.07. The van der Waals surface area contributed by atoms with Crippen LogP contribution < -0.4 is 5.32 Å². The Hall–Kier alpha value is -1.88. The zero-order valence-electron chi connectivity index (χ0n) is 22.9.